The highest BCUT2D eigenvalue weighted by Crippen LogP contribution is 2.26. The molecule has 0 radical (unpaired) electrons. The first kappa shape index (κ1) is 8.68. The van der Waals surface area contributed by atoms with E-state index in [0.29, 0.717) is 11.4 Å². The molecule has 5 heteroatoms. The van der Waals surface area contributed by atoms with Gasteiger partial charge in [-0.05, 0) is 12.1 Å². The summed E-state index contributed by atoms with van der Waals surface area (Å²) in [5.74, 6) is 0.0673. The largest absolute Gasteiger partial charge is 0.493 e. The average Bonchev–Trinajstić information content (AvgIpc) is 2.66. The zero-order valence-electron chi connectivity index (χ0n) is 7.49. The van der Waals surface area contributed by atoms with Crippen LogP contribution in [0.25, 0.3) is 11.4 Å². The lowest BCUT2D eigenvalue weighted by Crippen LogP contribution is -1.91. The molecule has 4 nitrogen and oxygen atoms in total. The molecular formula is C9H8FN3O. The predicted octanol–water partition coefficient (Wildman–Crippen LogP) is 1.62. The number of nitrogens with one attached hydrogen (secondary N) is 1. The van der Waals surface area contributed by atoms with Crippen LogP contribution in [0.5, 0.6) is 5.75 Å². The van der Waals surface area contributed by atoms with Crippen LogP contribution < -0.4 is 4.74 Å². The topological polar surface area (TPSA) is 50.8 Å². The van der Waals surface area contributed by atoms with Crippen LogP contribution >= 0.6 is 0 Å². The van der Waals surface area contributed by atoms with E-state index in [4.69, 9.17) is 4.74 Å². The molecule has 0 aliphatic carbocycles. The van der Waals surface area contributed by atoms with E-state index in [1.165, 1.54) is 31.6 Å². The summed E-state index contributed by atoms with van der Waals surface area (Å²) in [6.45, 7) is 0. The van der Waals surface area contributed by atoms with Crippen molar-refractivity contribution >= 4 is 0 Å². The first-order valence-electron chi connectivity index (χ1n) is 4.01. The van der Waals surface area contributed by atoms with Crippen LogP contribution in [0.4, 0.5) is 4.39 Å². The second-order valence-electron chi connectivity index (χ2n) is 2.65. The SMILES string of the molecule is COc1cn[nH]c1-c1ncccc1F. The van der Waals surface area contributed by atoms with Crippen molar-refractivity contribution in [2.75, 3.05) is 7.11 Å². The van der Waals surface area contributed by atoms with Crippen molar-refractivity contribution in [1.82, 2.24) is 15.2 Å². The number of ether oxygens (including phenoxy) is 1. The molecule has 72 valence electrons. The highest BCUT2D eigenvalue weighted by atomic mass is 19.1. The number of hydrogen-bond donors (Lipinski definition) is 1. The summed E-state index contributed by atoms with van der Waals surface area (Å²) < 4.78 is 18.3. The quantitative estimate of drug-likeness (QED) is 0.788. The molecule has 0 bridgehead atoms. The van der Waals surface area contributed by atoms with E-state index in [1.807, 2.05) is 0 Å². The standard InChI is InChI=1S/C9H8FN3O/c1-14-7-5-12-13-9(7)8-6(10)3-2-4-11-8/h2-5H,1H3,(H,12,13). The fourth-order valence-corrected chi connectivity index (χ4v) is 1.17. The molecule has 0 aliphatic heterocycles. The highest BCUT2D eigenvalue weighted by molar-refractivity contribution is 5.61. The molecule has 2 rings (SSSR count). The van der Waals surface area contributed by atoms with E-state index in [2.05, 4.69) is 15.2 Å². The van der Waals surface area contributed by atoms with Gasteiger partial charge in [-0.15, -0.1) is 0 Å². The molecule has 0 aliphatic rings. The minimum atomic E-state index is -0.407. The van der Waals surface area contributed by atoms with Gasteiger partial charge in [0.1, 0.15) is 11.4 Å². The van der Waals surface area contributed by atoms with Gasteiger partial charge in [0.15, 0.2) is 11.6 Å². The van der Waals surface area contributed by atoms with Crippen LogP contribution in [-0.4, -0.2) is 22.3 Å². The molecule has 1 N–H and O–H groups in total. The molecule has 2 aromatic heterocycles. The van der Waals surface area contributed by atoms with Crippen LogP contribution in [0.15, 0.2) is 24.5 Å². The van der Waals surface area contributed by atoms with Crippen molar-refractivity contribution < 1.29 is 9.13 Å². The second-order valence-corrected chi connectivity index (χ2v) is 2.65. The number of methoxy groups -OCH3 is 1. The Morgan fingerprint density at radius 2 is 2.36 bits per heavy atom. The van der Waals surface area contributed by atoms with Gasteiger partial charge in [0.05, 0.1) is 13.3 Å². The van der Waals surface area contributed by atoms with E-state index in [0.717, 1.165) is 0 Å². The number of pyridine rings is 1. The third-order valence-corrected chi connectivity index (χ3v) is 1.82. The second kappa shape index (κ2) is 3.45. The van der Waals surface area contributed by atoms with Crippen LogP contribution in [-0.2, 0) is 0 Å². The minimum Gasteiger partial charge on any atom is -0.493 e. The molecule has 2 heterocycles. The average molecular weight is 193 g/mol. The van der Waals surface area contributed by atoms with Gasteiger partial charge in [-0.25, -0.2) is 4.39 Å². The third-order valence-electron chi connectivity index (χ3n) is 1.82. The number of halogens is 1. The Hall–Kier alpha value is -1.91. The normalized spacial score (nSPS) is 10.1. The van der Waals surface area contributed by atoms with Crippen LogP contribution in [0, 0.1) is 5.82 Å². The van der Waals surface area contributed by atoms with Crippen LogP contribution in [0.1, 0.15) is 0 Å². The molecule has 0 amide bonds. The summed E-state index contributed by atoms with van der Waals surface area (Å²) in [5, 5.41) is 6.39. The summed E-state index contributed by atoms with van der Waals surface area (Å²) >= 11 is 0. The fourth-order valence-electron chi connectivity index (χ4n) is 1.17. The molecule has 0 aromatic carbocycles. The molecule has 0 spiro atoms. The van der Waals surface area contributed by atoms with Crippen LogP contribution in [0.3, 0.4) is 0 Å². The summed E-state index contributed by atoms with van der Waals surface area (Å²) in [7, 11) is 1.50. The number of rotatable bonds is 2. The molecule has 0 fully saturated rings. The Kier molecular flexibility index (Phi) is 2.14. The Labute approximate surface area is 79.7 Å². The fraction of sp³-hybridized carbons (Fsp3) is 0.111. The summed E-state index contributed by atoms with van der Waals surface area (Å²) in [6.07, 6.45) is 2.99. The van der Waals surface area contributed by atoms with Crippen molar-refractivity contribution in [3.63, 3.8) is 0 Å². The van der Waals surface area contributed by atoms with E-state index >= 15 is 0 Å². The monoisotopic (exact) mass is 193 g/mol. The van der Waals surface area contributed by atoms with E-state index in [-0.39, 0.29) is 5.69 Å². The summed E-state index contributed by atoms with van der Waals surface area (Å²) in [6, 6.07) is 2.87. The predicted molar refractivity (Wildman–Crippen MR) is 48.3 cm³/mol. The lowest BCUT2D eigenvalue weighted by Gasteiger charge is -2.01. The highest BCUT2D eigenvalue weighted by Gasteiger charge is 2.12. The molecule has 0 unspecified atom stereocenters. The van der Waals surface area contributed by atoms with Crippen molar-refractivity contribution in [3.8, 4) is 17.1 Å². The zero-order chi connectivity index (χ0) is 9.97. The lowest BCUT2D eigenvalue weighted by atomic mass is 10.2. The first-order valence-corrected chi connectivity index (χ1v) is 4.01. The molecule has 14 heavy (non-hydrogen) atoms. The number of H-pyrrole nitrogens is 1. The maximum absolute atomic E-state index is 13.3. The molecule has 0 atom stereocenters. The van der Waals surface area contributed by atoms with E-state index in [1.54, 1.807) is 0 Å². The molecule has 2 aromatic rings. The Balaban J connectivity index is 2.54. The number of nitrogens with zero attached hydrogens (tertiary/aromatic N) is 2. The van der Waals surface area contributed by atoms with Crippen molar-refractivity contribution in [1.29, 1.82) is 0 Å². The van der Waals surface area contributed by atoms with Gasteiger partial charge in [-0.2, -0.15) is 5.10 Å². The Morgan fingerprint density at radius 3 is 3.07 bits per heavy atom. The number of aromatic amines is 1. The smallest absolute Gasteiger partial charge is 0.166 e. The van der Waals surface area contributed by atoms with Gasteiger partial charge in [0.25, 0.3) is 0 Å². The lowest BCUT2D eigenvalue weighted by molar-refractivity contribution is 0.416. The van der Waals surface area contributed by atoms with Gasteiger partial charge >= 0.3 is 0 Å². The van der Waals surface area contributed by atoms with E-state index in [9.17, 15) is 4.39 Å². The van der Waals surface area contributed by atoms with Gasteiger partial charge in [-0.1, -0.05) is 0 Å². The summed E-state index contributed by atoms with van der Waals surface area (Å²) in [4.78, 5) is 3.90. The maximum atomic E-state index is 13.3. The minimum absolute atomic E-state index is 0.210. The maximum Gasteiger partial charge on any atom is 0.166 e. The summed E-state index contributed by atoms with van der Waals surface area (Å²) in [5.41, 5.74) is 0.660. The first-order chi connectivity index (χ1) is 6.83. The van der Waals surface area contributed by atoms with Gasteiger partial charge < -0.3 is 4.74 Å². The number of hydrogen-bond acceptors (Lipinski definition) is 3. The third kappa shape index (κ3) is 1.32. The van der Waals surface area contributed by atoms with Gasteiger partial charge in [-0.3, -0.25) is 10.1 Å². The van der Waals surface area contributed by atoms with Gasteiger partial charge in [0, 0.05) is 6.20 Å². The van der Waals surface area contributed by atoms with E-state index < -0.39 is 5.82 Å². The Bertz CT molecular complexity index is 441. The van der Waals surface area contributed by atoms with Crippen molar-refractivity contribution in [2.45, 2.75) is 0 Å². The molecular weight excluding hydrogens is 185 g/mol. The molecule has 0 saturated heterocycles. The van der Waals surface area contributed by atoms with Crippen molar-refractivity contribution in [2.24, 2.45) is 0 Å². The van der Waals surface area contributed by atoms with Crippen molar-refractivity contribution in [3.05, 3.63) is 30.3 Å². The molecule has 0 saturated carbocycles. The number of aromatic nitrogens is 3. The van der Waals surface area contributed by atoms with Crippen LogP contribution in [0.2, 0.25) is 0 Å². The Morgan fingerprint density at radius 1 is 1.50 bits per heavy atom. The van der Waals surface area contributed by atoms with Gasteiger partial charge in [0.2, 0.25) is 0 Å². The zero-order valence-corrected chi connectivity index (χ0v) is 7.49.